The number of halogens is 2. The highest BCUT2D eigenvalue weighted by Crippen LogP contribution is 2.33. The van der Waals surface area contributed by atoms with Crippen LogP contribution in [0.4, 0.5) is 0 Å². The van der Waals surface area contributed by atoms with E-state index in [4.69, 9.17) is 21.4 Å². The summed E-state index contributed by atoms with van der Waals surface area (Å²) >= 11 is 9.00. The van der Waals surface area contributed by atoms with Crippen LogP contribution in [0.1, 0.15) is 15.9 Å². The zero-order valence-corrected chi connectivity index (χ0v) is 12.5. The van der Waals surface area contributed by atoms with E-state index in [1.807, 2.05) is 12.1 Å². The SMILES string of the molecule is O=C(O)c1cc(Br)c(OCc2ccc(Cl)cc2)cc1O. The minimum absolute atomic E-state index is 0.185. The quantitative estimate of drug-likeness (QED) is 0.865. The molecule has 2 rings (SSSR count). The van der Waals surface area contributed by atoms with E-state index in [2.05, 4.69) is 15.9 Å². The van der Waals surface area contributed by atoms with Crippen LogP contribution < -0.4 is 4.74 Å². The van der Waals surface area contributed by atoms with Crippen molar-refractivity contribution in [3.8, 4) is 11.5 Å². The van der Waals surface area contributed by atoms with Gasteiger partial charge in [0.15, 0.2) is 0 Å². The molecule has 0 aromatic heterocycles. The summed E-state index contributed by atoms with van der Waals surface area (Å²) < 4.78 is 6.00. The molecule has 0 saturated carbocycles. The van der Waals surface area contributed by atoms with Crippen molar-refractivity contribution in [3.05, 3.63) is 57.0 Å². The van der Waals surface area contributed by atoms with Crippen molar-refractivity contribution >= 4 is 33.5 Å². The lowest BCUT2D eigenvalue weighted by Crippen LogP contribution is -2.00. The maximum Gasteiger partial charge on any atom is 0.339 e. The Hall–Kier alpha value is -1.72. The molecule has 0 radical (unpaired) electrons. The fourth-order valence-electron chi connectivity index (χ4n) is 1.57. The molecule has 6 heteroatoms. The first-order valence-corrected chi connectivity index (χ1v) is 6.77. The van der Waals surface area contributed by atoms with Crippen LogP contribution in [-0.2, 0) is 6.61 Å². The van der Waals surface area contributed by atoms with Crippen LogP contribution >= 0.6 is 27.5 Å². The first-order valence-electron chi connectivity index (χ1n) is 5.60. The van der Waals surface area contributed by atoms with Crippen molar-refractivity contribution in [2.75, 3.05) is 0 Å². The molecule has 0 saturated heterocycles. The van der Waals surface area contributed by atoms with E-state index in [-0.39, 0.29) is 17.9 Å². The summed E-state index contributed by atoms with van der Waals surface area (Å²) in [6, 6.07) is 9.71. The number of hydrogen-bond donors (Lipinski definition) is 2. The van der Waals surface area contributed by atoms with Gasteiger partial charge in [0, 0.05) is 11.1 Å². The number of rotatable bonds is 4. The fraction of sp³-hybridized carbons (Fsp3) is 0.0714. The van der Waals surface area contributed by atoms with Gasteiger partial charge >= 0.3 is 5.97 Å². The number of benzene rings is 2. The van der Waals surface area contributed by atoms with E-state index < -0.39 is 5.97 Å². The summed E-state index contributed by atoms with van der Waals surface area (Å²) in [6.45, 7) is 0.279. The van der Waals surface area contributed by atoms with Gasteiger partial charge in [0.1, 0.15) is 23.7 Å². The number of aromatic hydroxyl groups is 1. The van der Waals surface area contributed by atoms with Gasteiger partial charge in [-0.25, -0.2) is 4.79 Å². The molecule has 0 fully saturated rings. The van der Waals surface area contributed by atoms with Crippen LogP contribution in [0.3, 0.4) is 0 Å². The maximum atomic E-state index is 10.9. The van der Waals surface area contributed by atoms with Gasteiger partial charge in [-0.3, -0.25) is 0 Å². The van der Waals surface area contributed by atoms with Gasteiger partial charge < -0.3 is 14.9 Å². The number of ether oxygens (including phenoxy) is 1. The van der Waals surface area contributed by atoms with Crippen molar-refractivity contribution < 1.29 is 19.7 Å². The lowest BCUT2D eigenvalue weighted by Gasteiger charge is -2.10. The maximum absolute atomic E-state index is 10.9. The largest absolute Gasteiger partial charge is 0.507 e. The molecule has 0 aliphatic heterocycles. The second-order valence-electron chi connectivity index (χ2n) is 4.02. The van der Waals surface area contributed by atoms with Gasteiger partial charge in [-0.1, -0.05) is 23.7 Å². The highest BCUT2D eigenvalue weighted by molar-refractivity contribution is 9.10. The smallest absolute Gasteiger partial charge is 0.339 e. The molecule has 0 aliphatic rings. The third-order valence-electron chi connectivity index (χ3n) is 2.59. The van der Waals surface area contributed by atoms with Gasteiger partial charge in [0.05, 0.1) is 4.47 Å². The van der Waals surface area contributed by atoms with Crippen LogP contribution in [-0.4, -0.2) is 16.2 Å². The first kappa shape index (κ1) is 14.7. The first-order chi connectivity index (χ1) is 9.47. The molecule has 0 heterocycles. The van der Waals surface area contributed by atoms with Crippen LogP contribution in [0.5, 0.6) is 11.5 Å². The molecule has 2 N–H and O–H groups in total. The third-order valence-corrected chi connectivity index (χ3v) is 3.46. The van der Waals surface area contributed by atoms with Crippen LogP contribution in [0.15, 0.2) is 40.9 Å². The Kier molecular flexibility index (Phi) is 4.52. The Labute approximate surface area is 128 Å². The van der Waals surface area contributed by atoms with E-state index in [1.54, 1.807) is 12.1 Å². The molecular formula is C14H10BrClO4. The highest BCUT2D eigenvalue weighted by Gasteiger charge is 2.14. The van der Waals surface area contributed by atoms with Gasteiger partial charge in [0.2, 0.25) is 0 Å². The fourth-order valence-corrected chi connectivity index (χ4v) is 2.15. The normalized spacial score (nSPS) is 10.3. The van der Waals surface area contributed by atoms with Gasteiger partial charge in [-0.2, -0.15) is 0 Å². The summed E-state index contributed by atoms with van der Waals surface area (Å²) in [7, 11) is 0. The zero-order chi connectivity index (χ0) is 14.7. The summed E-state index contributed by atoms with van der Waals surface area (Å²) in [5.41, 5.74) is 0.721. The van der Waals surface area contributed by atoms with E-state index in [0.717, 1.165) is 5.56 Å². The van der Waals surface area contributed by atoms with E-state index in [0.29, 0.717) is 15.2 Å². The zero-order valence-electron chi connectivity index (χ0n) is 10.1. The molecule has 2 aromatic carbocycles. The number of carboxylic acid groups (broad SMARTS) is 1. The Morgan fingerprint density at radius 2 is 1.90 bits per heavy atom. The minimum atomic E-state index is -1.20. The van der Waals surface area contributed by atoms with E-state index in [1.165, 1.54) is 12.1 Å². The number of phenols is 1. The number of aromatic carboxylic acids is 1. The number of hydrogen-bond acceptors (Lipinski definition) is 3. The molecule has 0 aliphatic carbocycles. The molecule has 0 atom stereocenters. The van der Waals surface area contributed by atoms with Crippen LogP contribution in [0, 0.1) is 0 Å². The highest BCUT2D eigenvalue weighted by atomic mass is 79.9. The molecule has 4 nitrogen and oxygen atoms in total. The lowest BCUT2D eigenvalue weighted by molar-refractivity contribution is 0.0693. The van der Waals surface area contributed by atoms with E-state index >= 15 is 0 Å². The Morgan fingerprint density at radius 1 is 1.25 bits per heavy atom. The predicted octanol–water partition coefficient (Wildman–Crippen LogP) is 4.09. The van der Waals surface area contributed by atoms with Crippen molar-refractivity contribution in [1.82, 2.24) is 0 Å². The lowest BCUT2D eigenvalue weighted by atomic mass is 10.2. The van der Waals surface area contributed by atoms with Crippen molar-refractivity contribution in [2.24, 2.45) is 0 Å². The molecule has 0 unspecified atom stereocenters. The Balaban J connectivity index is 2.16. The van der Waals surface area contributed by atoms with E-state index in [9.17, 15) is 9.90 Å². The second kappa shape index (κ2) is 6.15. The summed E-state index contributed by atoms with van der Waals surface area (Å²) in [4.78, 5) is 10.9. The average Bonchev–Trinajstić information content (AvgIpc) is 2.41. The van der Waals surface area contributed by atoms with Crippen molar-refractivity contribution in [1.29, 1.82) is 0 Å². The number of carbonyl (C=O) groups is 1. The van der Waals surface area contributed by atoms with Crippen molar-refractivity contribution in [2.45, 2.75) is 6.61 Å². The summed E-state index contributed by atoms with van der Waals surface area (Å²) in [5, 5.41) is 19.1. The summed E-state index contributed by atoms with van der Waals surface area (Å²) in [5.74, 6) is -1.18. The summed E-state index contributed by atoms with van der Waals surface area (Å²) in [6.07, 6.45) is 0. The third kappa shape index (κ3) is 3.43. The Morgan fingerprint density at radius 3 is 2.50 bits per heavy atom. The average molecular weight is 358 g/mol. The molecule has 2 aromatic rings. The predicted molar refractivity (Wildman–Crippen MR) is 78.6 cm³/mol. The number of carboxylic acids is 1. The van der Waals surface area contributed by atoms with Crippen molar-refractivity contribution in [3.63, 3.8) is 0 Å². The molecule has 0 spiro atoms. The molecule has 104 valence electrons. The van der Waals surface area contributed by atoms with Crippen LogP contribution in [0.25, 0.3) is 0 Å². The second-order valence-corrected chi connectivity index (χ2v) is 5.31. The van der Waals surface area contributed by atoms with Crippen LogP contribution in [0.2, 0.25) is 5.02 Å². The van der Waals surface area contributed by atoms with Gasteiger partial charge in [-0.15, -0.1) is 0 Å². The van der Waals surface area contributed by atoms with Gasteiger partial charge in [-0.05, 0) is 39.7 Å². The standard InChI is InChI=1S/C14H10BrClO4/c15-11-5-10(14(18)19)12(17)6-13(11)20-7-8-1-3-9(16)4-2-8/h1-6,17H,7H2,(H,18,19). The molecular weight excluding hydrogens is 348 g/mol. The van der Waals surface area contributed by atoms with Gasteiger partial charge in [0.25, 0.3) is 0 Å². The molecule has 0 amide bonds. The minimum Gasteiger partial charge on any atom is -0.507 e. The topological polar surface area (TPSA) is 66.8 Å². The monoisotopic (exact) mass is 356 g/mol. The molecule has 20 heavy (non-hydrogen) atoms. The Bertz CT molecular complexity index is 640. The molecule has 0 bridgehead atoms.